The van der Waals surface area contributed by atoms with Crippen molar-refractivity contribution in [1.82, 2.24) is 14.6 Å². The maximum Gasteiger partial charge on any atom is 0.157 e. The fourth-order valence-electron chi connectivity index (χ4n) is 2.14. The number of benzene rings is 1. The largest absolute Gasteiger partial charge is 0.363 e. The molecule has 2 heterocycles. The lowest BCUT2D eigenvalue weighted by atomic mass is 10.1. The van der Waals surface area contributed by atoms with Crippen LogP contribution in [0.1, 0.15) is 24.1 Å². The van der Waals surface area contributed by atoms with Gasteiger partial charge in [-0.3, -0.25) is 0 Å². The Kier molecular flexibility index (Phi) is 3.35. The highest BCUT2D eigenvalue weighted by atomic mass is 15.2. The standard InChI is InChI=1S/C15H17N5/c1-11(13-4-2-12(10-16)3-5-13)18-14-7-9-20-15(19-14)6-8-17-20/h2-9,11H,10,16H2,1H3,(H,18,19). The number of nitrogens with one attached hydrogen (secondary N) is 1. The minimum atomic E-state index is 0.180. The van der Waals surface area contributed by atoms with E-state index in [1.165, 1.54) is 5.56 Å². The third-order valence-corrected chi connectivity index (χ3v) is 3.34. The minimum Gasteiger partial charge on any atom is -0.363 e. The highest BCUT2D eigenvalue weighted by Gasteiger charge is 2.06. The molecule has 0 radical (unpaired) electrons. The topological polar surface area (TPSA) is 68.2 Å². The molecule has 1 unspecified atom stereocenters. The van der Waals surface area contributed by atoms with Crippen molar-refractivity contribution < 1.29 is 0 Å². The second-order valence-corrected chi connectivity index (χ2v) is 4.76. The summed E-state index contributed by atoms with van der Waals surface area (Å²) >= 11 is 0. The highest BCUT2D eigenvalue weighted by Crippen LogP contribution is 2.18. The summed E-state index contributed by atoms with van der Waals surface area (Å²) in [6, 6.07) is 12.3. The van der Waals surface area contributed by atoms with Gasteiger partial charge in [-0.05, 0) is 24.1 Å². The predicted molar refractivity (Wildman–Crippen MR) is 79.4 cm³/mol. The van der Waals surface area contributed by atoms with Gasteiger partial charge in [-0.15, -0.1) is 0 Å². The van der Waals surface area contributed by atoms with Crippen LogP contribution >= 0.6 is 0 Å². The maximum absolute atomic E-state index is 5.61. The van der Waals surface area contributed by atoms with Gasteiger partial charge in [0.05, 0.1) is 6.20 Å². The van der Waals surface area contributed by atoms with Gasteiger partial charge < -0.3 is 11.1 Å². The van der Waals surface area contributed by atoms with Crippen molar-refractivity contribution in [3.63, 3.8) is 0 Å². The normalized spacial score (nSPS) is 12.5. The van der Waals surface area contributed by atoms with Crippen molar-refractivity contribution in [2.45, 2.75) is 19.5 Å². The first kappa shape index (κ1) is 12.6. The first-order valence-corrected chi connectivity index (χ1v) is 6.62. The molecule has 102 valence electrons. The summed E-state index contributed by atoms with van der Waals surface area (Å²) in [6.45, 7) is 2.68. The van der Waals surface area contributed by atoms with Crippen LogP contribution in [0.3, 0.4) is 0 Å². The van der Waals surface area contributed by atoms with Gasteiger partial charge in [0, 0.05) is 24.8 Å². The van der Waals surface area contributed by atoms with Crippen molar-refractivity contribution in [1.29, 1.82) is 0 Å². The van der Waals surface area contributed by atoms with E-state index < -0.39 is 0 Å². The van der Waals surface area contributed by atoms with Gasteiger partial charge in [0.1, 0.15) is 5.82 Å². The lowest BCUT2D eigenvalue weighted by Gasteiger charge is -2.15. The summed E-state index contributed by atoms with van der Waals surface area (Å²) in [5.41, 5.74) is 8.79. The highest BCUT2D eigenvalue weighted by molar-refractivity contribution is 5.46. The second-order valence-electron chi connectivity index (χ2n) is 4.76. The Morgan fingerprint density at radius 2 is 2.00 bits per heavy atom. The third-order valence-electron chi connectivity index (χ3n) is 3.34. The lowest BCUT2D eigenvalue weighted by molar-refractivity contribution is 0.865. The van der Waals surface area contributed by atoms with Crippen LogP contribution in [0.4, 0.5) is 5.82 Å². The van der Waals surface area contributed by atoms with Gasteiger partial charge >= 0.3 is 0 Å². The average molecular weight is 267 g/mol. The van der Waals surface area contributed by atoms with Crippen molar-refractivity contribution in [3.8, 4) is 0 Å². The zero-order valence-corrected chi connectivity index (χ0v) is 11.3. The van der Waals surface area contributed by atoms with Crippen LogP contribution in [0.2, 0.25) is 0 Å². The van der Waals surface area contributed by atoms with Crippen molar-refractivity contribution in [2.24, 2.45) is 5.73 Å². The monoisotopic (exact) mass is 267 g/mol. The Labute approximate surface area is 117 Å². The summed E-state index contributed by atoms with van der Waals surface area (Å²) in [4.78, 5) is 4.50. The van der Waals surface area contributed by atoms with Gasteiger partial charge in [0.15, 0.2) is 5.65 Å². The Bertz CT molecular complexity index is 702. The number of anilines is 1. The molecule has 3 aromatic rings. The van der Waals surface area contributed by atoms with E-state index in [1.54, 1.807) is 10.7 Å². The quantitative estimate of drug-likeness (QED) is 0.761. The zero-order valence-electron chi connectivity index (χ0n) is 11.3. The van der Waals surface area contributed by atoms with Gasteiger partial charge in [0.25, 0.3) is 0 Å². The Morgan fingerprint density at radius 1 is 1.20 bits per heavy atom. The van der Waals surface area contributed by atoms with Crippen LogP contribution in [0.15, 0.2) is 48.8 Å². The molecular weight excluding hydrogens is 250 g/mol. The average Bonchev–Trinajstić information content (AvgIpc) is 2.95. The maximum atomic E-state index is 5.61. The molecule has 5 nitrogen and oxygen atoms in total. The molecule has 1 atom stereocenters. The van der Waals surface area contributed by atoms with Crippen LogP contribution in [-0.2, 0) is 6.54 Å². The number of hydrogen-bond donors (Lipinski definition) is 2. The lowest BCUT2D eigenvalue weighted by Crippen LogP contribution is -2.08. The van der Waals surface area contributed by atoms with Crippen LogP contribution in [0, 0.1) is 0 Å². The van der Waals surface area contributed by atoms with Gasteiger partial charge in [-0.2, -0.15) is 5.10 Å². The smallest absolute Gasteiger partial charge is 0.157 e. The SMILES string of the molecule is CC(Nc1ccn2nccc2n1)c1ccc(CN)cc1. The molecule has 2 aromatic heterocycles. The van der Waals surface area contributed by atoms with E-state index in [1.807, 2.05) is 18.3 Å². The van der Waals surface area contributed by atoms with E-state index in [4.69, 9.17) is 5.73 Å². The molecule has 1 aromatic carbocycles. The first-order chi connectivity index (χ1) is 9.76. The van der Waals surface area contributed by atoms with E-state index in [9.17, 15) is 0 Å². The number of nitrogens with two attached hydrogens (primary N) is 1. The molecule has 5 heteroatoms. The third kappa shape index (κ3) is 2.48. The molecule has 3 N–H and O–H groups in total. The van der Waals surface area contributed by atoms with Gasteiger partial charge in [0.2, 0.25) is 0 Å². The zero-order chi connectivity index (χ0) is 13.9. The van der Waals surface area contributed by atoms with Crippen molar-refractivity contribution in [3.05, 3.63) is 59.9 Å². The van der Waals surface area contributed by atoms with Crippen LogP contribution < -0.4 is 11.1 Å². The number of rotatable bonds is 4. The molecule has 0 bridgehead atoms. The molecule has 0 saturated carbocycles. The minimum absolute atomic E-state index is 0.180. The van der Waals surface area contributed by atoms with Crippen molar-refractivity contribution >= 4 is 11.5 Å². The number of nitrogens with zero attached hydrogens (tertiary/aromatic N) is 3. The molecular formula is C15H17N5. The second kappa shape index (κ2) is 5.30. The van der Waals surface area contributed by atoms with Crippen LogP contribution in [0.5, 0.6) is 0 Å². The molecule has 0 aliphatic heterocycles. The van der Waals surface area contributed by atoms with Gasteiger partial charge in [-0.25, -0.2) is 9.50 Å². The molecule has 0 fully saturated rings. The Balaban J connectivity index is 1.78. The molecule has 0 saturated heterocycles. The van der Waals surface area contributed by atoms with E-state index in [2.05, 4.69) is 46.6 Å². The fourth-order valence-corrected chi connectivity index (χ4v) is 2.14. The van der Waals surface area contributed by atoms with Crippen LogP contribution in [0.25, 0.3) is 5.65 Å². The van der Waals surface area contributed by atoms with Gasteiger partial charge in [-0.1, -0.05) is 24.3 Å². The summed E-state index contributed by atoms with van der Waals surface area (Å²) < 4.78 is 1.74. The number of fused-ring (bicyclic) bond motifs is 1. The molecule has 0 aliphatic carbocycles. The number of hydrogen-bond acceptors (Lipinski definition) is 4. The van der Waals surface area contributed by atoms with E-state index in [0.29, 0.717) is 6.54 Å². The molecule has 20 heavy (non-hydrogen) atoms. The van der Waals surface area contributed by atoms with Crippen LogP contribution in [-0.4, -0.2) is 14.6 Å². The summed E-state index contributed by atoms with van der Waals surface area (Å²) in [5.74, 6) is 0.841. The Hall–Kier alpha value is -2.40. The van der Waals surface area contributed by atoms with E-state index >= 15 is 0 Å². The fraction of sp³-hybridized carbons (Fsp3) is 0.200. The molecule has 0 aliphatic rings. The summed E-state index contributed by atoms with van der Waals surface area (Å²) in [5, 5.41) is 7.52. The van der Waals surface area contributed by atoms with E-state index in [-0.39, 0.29) is 6.04 Å². The van der Waals surface area contributed by atoms with Crippen molar-refractivity contribution in [2.75, 3.05) is 5.32 Å². The summed E-state index contributed by atoms with van der Waals surface area (Å²) in [7, 11) is 0. The molecule has 0 amide bonds. The predicted octanol–water partition coefficient (Wildman–Crippen LogP) is 2.36. The first-order valence-electron chi connectivity index (χ1n) is 6.62. The van der Waals surface area contributed by atoms with E-state index in [0.717, 1.165) is 17.0 Å². The Morgan fingerprint density at radius 3 is 2.75 bits per heavy atom. The molecule has 0 spiro atoms. The summed E-state index contributed by atoms with van der Waals surface area (Å²) in [6.07, 6.45) is 3.63. The molecule has 3 rings (SSSR count). The number of aromatic nitrogens is 3.